The fourth-order valence-electron chi connectivity index (χ4n) is 1.91. The average molecular weight is 382 g/mol. The fraction of sp³-hybridized carbons (Fsp3) is 0.133. The summed E-state index contributed by atoms with van der Waals surface area (Å²) in [6, 6.07) is 6.00. The number of carbonyl (C=O) groups excluding carboxylic acids is 3. The van der Waals surface area contributed by atoms with Gasteiger partial charge in [-0.1, -0.05) is 0 Å². The molecule has 1 aromatic carbocycles. The summed E-state index contributed by atoms with van der Waals surface area (Å²) in [5.41, 5.74) is 1.49. The van der Waals surface area contributed by atoms with Crippen LogP contribution in [0.2, 0.25) is 0 Å². The third-order valence-corrected chi connectivity index (χ3v) is 4.43. The molecule has 2 aromatic rings. The number of rotatable bonds is 6. The molecule has 138 valence electrons. The zero-order valence-corrected chi connectivity index (χ0v) is 14.5. The first-order valence-electron chi connectivity index (χ1n) is 6.96. The Labute approximate surface area is 148 Å². The van der Waals surface area contributed by atoms with Crippen LogP contribution in [0.5, 0.6) is 0 Å². The zero-order valence-electron chi connectivity index (χ0n) is 13.6. The van der Waals surface area contributed by atoms with Crippen molar-refractivity contribution in [3.05, 3.63) is 53.5 Å². The monoisotopic (exact) mass is 382 g/mol. The van der Waals surface area contributed by atoms with E-state index < -0.39 is 32.8 Å². The number of hydrogen-bond donors (Lipinski definition) is 2. The first-order chi connectivity index (χ1) is 12.3. The Hall–Kier alpha value is -3.18. The number of methoxy groups -OCH3 is 2. The highest BCUT2D eigenvalue weighted by Crippen LogP contribution is 2.19. The summed E-state index contributed by atoms with van der Waals surface area (Å²) in [6.45, 7) is 0. The smallest absolute Gasteiger partial charge is 0.339 e. The van der Waals surface area contributed by atoms with E-state index >= 15 is 0 Å². The summed E-state index contributed by atoms with van der Waals surface area (Å²) >= 11 is 0. The second kappa shape index (κ2) is 7.80. The molecule has 1 amide bonds. The Morgan fingerprint density at radius 1 is 1.04 bits per heavy atom. The molecule has 0 atom stereocenters. The van der Waals surface area contributed by atoms with Gasteiger partial charge in [-0.25, -0.2) is 18.0 Å². The number of nitrogens with one attached hydrogen (secondary N) is 2. The van der Waals surface area contributed by atoms with Gasteiger partial charge in [0.05, 0.1) is 36.5 Å². The molecule has 10 nitrogen and oxygen atoms in total. The second-order valence-electron chi connectivity index (χ2n) is 4.73. The molecular formula is C15H14N2O8S. The van der Waals surface area contributed by atoms with Gasteiger partial charge < -0.3 is 13.9 Å². The summed E-state index contributed by atoms with van der Waals surface area (Å²) in [5.74, 6) is -2.75. The molecule has 0 unspecified atom stereocenters. The van der Waals surface area contributed by atoms with Gasteiger partial charge in [0.25, 0.3) is 10.0 Å². The van der Waals surface area contributed by atoms with Gasteiger partial charge in [-0.3, -0.25) is 10.2 Å². The van der Waals surface area contributed by atoms with Crippen LogP contribution in [-0.2, 0) is 19.5 Å². The summed E-state index contributed by atoms with van der Waals surface area (Å²) in [5, 5.41) is 0. The number of ether oxygens (including phenoxy) is 2. The number of hydrazine groups is 1. The van der Waals surface area contributed by atoms with Crippen LogP contribution in [0.4, 0.5) is 0 Å². The SMILES string of the molecule is COC(=O)c1ccc(C(=O)OC)c(S(=O)(=O)NNC(=O)c2ccco2)c1. The highest BCUT2D eigenvalue weighted by molar-refractivity contribution is 7.89. The molecule has 1 aromatic heterocycles. The maximum atomic E-state index is 12.5. The molecule has 0 aliphatic rings. The molecule has 0 spiro atoms. The predicted octanol–water partition coefficient (Wildman–Crippen LogP) is 0.476. The Balaban J connectivity index is 2.37. The Kier molecular flexibility index (Phi) is 5.75. The largest absolute Gasteiger partial charge is 0.465 e. The van der Waals surface area contributed by atoms with E-state index in [4.69, 9.17) is 4.42 Å². The van der Waals surface area contributed by atoms with Gasteiger partial charge in [-0.05, 0) is 30.3 Å². The second-order valence-corrected chi connectivity index (χ2v) is 6.38. The lowest BCUT2D eigenvalue weighted by Crippen LogP contribution is -2.42. The molecule has 2 N–H and O–H groups in total. The Morgan fingerprint density at radius 3 is 2.31 bits per heavy atom. The maximum Gasteiger partial charge on any atom is 0.339 e. The highest BCUT2D eigenvalue weighted by Gasteiger charge is 2.26. The van der Waals surface area contributed by atoms with E-state index in [0.717, 1.165) is 26.4 Å². The molecule has 2 rings (SSSR count). The number of hydrogen-bond acceptors (Lipinski definition) is 8. The molecule has 0 saturated carbocycles. The van der Waals surface area contributed by atoms with E-state index in [2.05, 4.69) is 9.47 Å². The van der Waals surface area contributed by atoms with Crippen molar-refractivity contribution in [2.75, 3.05) is 14.2 Å². The minimum atomic E-state index is -4.43. The highest BCUT2D eigenvalue weighted by atomic mass is 32.2. The molecule has 0 saturated heterocycles. The fourth-order valence-corrected chi connectivity index (χ4v) is 2.97. The number of benzene rings is 1. The maximum absolute atomic E-state index is 12.5. The van der Waals surface area contributed by atoms with E-state index in [1.807, 2.05) is 10.3 Å². The van der Waals surface area contributed by atoms with E-state index in [1.54, 1.807) is 0 Å². The van der Waals surface area contributed by atoms with Crippen LogP contribution in [0.3, 0.4) is 0 Å². The van der Waals surface area contributed by atoms with Gasteiger partial charge in [-0.2, -0.15) is 0 Å². The van der Waals surface area contributed by atoms with Crippen LogP contribution in [0.1, 0.15) is 31.3 Å². The summed E-state index contributed by atoms with van der Waals surface area (Å²) < 4.78 is 38.9. The number of sulfonamides is 1. The lowest BCUT2D eigenvalue weighted by molar-refractivity contribution is 0.0583. The third-order valence-electron chi connectivity index (χ3n) is 3.14. The minimum Gasteiger partial charge on any atom is -0.465 e. The first-order valence-corrected chi connectivity index (χ1v) is 8.45. The normalized spacial score (nSPS) is 10.8. The van der Waals surface area contributed by atoms with Gasteiger partial charge in [0.15, 0.2) is 5.76 Å². The van der Waals surface area contributed by atoms with Crippen molar-refractivity contribution in [2.24, 2.45) is 0 Å². The van der Waals surface area contributed by atoms with E-state index in [-0.39, 0.29) is 16.9 Å². The summed E-state index contributed by atoms with van der Waals surface area (Å²) in [4.78, 5) is 36.5. The molecule has 0 bridgehead atoms. The van der Waals surface area contributed by atoms with Crippen LogP contribution in [0.15, 0.2) is 45.9 Å². The molecule has 11 heteroatoms. The number of amides is 1. The lowest BCUT2D eigenvalue weighted by Gasteiger charge is -2.12. The van der Waals surface area contributed by atoms with Crippen molar-refractivity contribution in [2.45, 2.75) is 4.90 Å². The van der Waals surface area contributed by atoms with Crippen molar-refractivity contribution in [1.82, 2.24) is 10.3 Å². The van der Waals surface area contributed by atoms with Crippen molar-refractivity contribution in [1.29, 1.82) is 0 Å². The Morgan fingerprint density at radius 2 is 1.73 bits per heavy atom. The van der Waals surface area contributed by atoms with Crippen LogP contribution in [-0.4, -0.2) is 40.5 Å². The molecule has 1 heterocycles. The Bertz CT molecular complexity index is 935. The van der Waals surface area contributed by atoms with E-state index in [9.17, 15) is 22.8 Å². The summed E-state index contributed by atoms with van der Waals surface area (Å²) in [6.07, 6.45) is 1.23. The van der Waals surface area contributed by atoms with E-state index in [0.29, 0.717) is 0 Å². The van der Waals surface area contributed by atoms with Gasteiger partial charge in [0.1, 0.15) is 0 Å². The van der Waals surface area contributed by atoms with Crippen LogP contribution >= 0.6 is 0 Å². The molecule has 0 fully saturated rings. The van der Waals surface area contributed by atoms with Crippen molar-refractivity contribution < 1.29 is 36.7 Å². The van der Waals surface area contributed by atoms with Gasteiger partial charge >= 0.3 is 17.8 Å². The lowest BCUT2D eigenvalue weighted by atomic mass is 10.1. The van der Waals surface area contributed by atoms with Crippen LogP contribution in [0.25, 0.3) is 0 Å². The predicted molar refractivity (Wildman–Crippen MR) is 85.6 cm³/mol. The van der Waals surface area contributed by atoms with Crippen molar-refractivity contribution in [3.8, 4) is 0 Å². The topological polar surface area (TPSA) is 141 Å². The average Bonchev–Trinajstić information content (AvgIpc) is 3.19. The summed E-state index contributed by atoms with van der Waals surface area (Å²) in [7, 11) is -2.24. The molecular weight excluding hydrogens is 368 g/mol. The van der Waals surface area contributed by atoms with E-state index in [1.165, 1.54) is 24.5 Å². The number of esters is 2. The van der Waals surface area contributed by atoms with Crippen LogP contribution in [0, 0.1) is 0 Å². The van der Waals surface area contributed by atoms with Crippen molar-refractivity contribution in [3.63, 3.8) is 0 Å². The zero-order chi connectivity index (χ0) is 19.3. The molecule has 0 aliphatic heterocycles. The number of carbonyl (C=O) groups is 3. The van der Waals surface area contributed by atoms with Crippen molar-refractivity contribution >= 4 is 27.9 Å². The first kappa shape index (κ1) is 19.1. The minimum absolute atomic E-state index is 0.113. The molecule has 0 aliphatic carbocycles. The van der Waals surface area contributed by atoms with Gasteiger partial charge in [0.2, 0.25) is 0 Å². The quantitative estimate of drug-likeness (QED) is 0.543. The van der Waals surface area contributed by atoms with Gasteiger partial charge in [-0.15, -0.1) is 4.83 Å². The molecule has 0 radical (unpaired) electrons. The molecule has 26 heavy (non-hydrogen) atoms. The third kappa shape index (κ3) is 4.07. The van der Waals surface area contributed by atoms with Gasteiger partial charge in [0, 0.05) is 0 Å². The van der Waals surface area contributed by atoms with Crippen LogP contribution < -0.4 is 10.3 Å². The number of furan rings is 1. The standard InChI is InChI=1S/C15H14N2O8S/c1-23-14(19)9-5-6-10(15(20)24-2)12(8-9)26(21,22)17-16-13(18)11-4-3-7-25-11/h3-8,17H,1-2H3,(H,16,18).